The number of aliphatic imine (C=N–C) groups is 2. The van der Waals surface area contributed by atoms with Crippen molar-refractivity contribution in [3.05, 3.63) is 65.2 Å². The molecule has 1 amide bonds. The van der Waals surface area contributed by atoms with Gasteiger partial charge in [-0.2, -0.15) is 0 Å². The smallest absolute Gasteiger partial charge is 0.234 e. The van der Waals surface area contributed by atoms with Crippen LogP contribution in [0.4, 0.5) is 5.69 Å². The quantitative estimate of drug-likeness (QED) is 0.726. The van der Waals surface area contributed by atoms with Crippen LogP contribution in [0.3, 0.4) is 0 Å². The molecule has 1 aliphatic carbocycles. The molecule has 1 aliphatic heterocycles. The molecule has 4 nitrogen and oxygen atoms in total. The van der Waals surface area contributed by atoms with Crippen molar-refractivity contribution in [2.75, 3.05) is 11.1 Å². The molecule has 4 rings (SSSR count). The van der Waals surface area contributed by atoms with E-state index in [1.54, 1.807) is 0 Å². The van der Waals surface area contributed by atoms with E-state index in [1.165, 1.54) is 42.2 Å². The van der Waals surface area contributed by atoms with Crippen LogP contribution in [-0.2, 0) is 4.79 Å². The molecule has 2 aromatic rings. The summed E-state index contributed by atoms with van der Waals surface area (Å²) in [7, 11) is 0. The molecule has 0 saturated heterocycles. The van der Waals surface area contributed by atoms with Crippen LogP contribution in [0.15, 0.2) is 58.5 Å². The fraction of sp³-hybridized carbons (Fsp3) is 0.375. The van der Waals surface area contributed by atoms with Crippen molar-refractivity contribution in [1.82, 2.24) is 0 Å². The fourth-order valence-electron chi connectivity index (χ4n) is 3.90. The van der Waals surface area contributed by atoms with Gasteiger partial charge >= 0.3 is 0 Å². The number of thioether (sulfide) groups is 1. The van der Waals surface area contributed by atoms with Gasteiger partial charge in [0.05, 0.1) is 11.5 Å². The van der Waals surface area contributed by atoms with Crippen molar-refractivity contribution in [3.8, 4) is 0 Å². The minimum atomic E-state index is -0.309. The van der Waals surface area contributed by atoms with Crippen LogP contribution in [0.1, 0.15) is 48.8 Å². The predicted molar refractivity (Wildman–Crippen MR) is 123 cm³/mol. The molecular weight excluding hydrogens is 378 g/mol. The number of nitrogens with zero attached hydrogens (tertiary/aromatic N) is 2. The van der Waals surface area contributed by atoms with E-state index in [9.17, 15) is 4.79 Å². The molecule has 0 unspecified atom stereocenters. The predicted octanol–water partition coefficient (Wildman–Crippen LogP) is 5.54. The maximum Gasteiger partial charge on any atom is 0.234 e. The minimum Gasteiger partial charge on any atom is -0.325 e. The van der Waals surface area contributed by atoms with Gasteiger partial charge in [-0.3, -0.25) is 9.79 Å². The van der Waals surface area contributed by atoms with Crippen LogP contribution in [0.5, 0.6) is 0 Å². The van der Waals surface area contributed by atoms with Crippen LogP contribution in [-0.4, -0.2) is 28.1 Å². The van der Waals surface area contributed by atoms with Crippen molar-refractivity contribution in [1.29, 1.82) is 0 Å². The van der Waals surface area contributed by atoms with Gasteiger partial charge in [0.25, 0.3) is 0 Å². The first-order chi connectivity index (χ1) is 14.0. The fourth-order valence-corrected chi connectivity index (χ4v) is 4.77. The van der Waals surface area contributed by atoms with Gasteiger partial charge in [0.15, 0.2) is 5.66 Å². The zero-order valence-corrected chi connectivity index (χ0v) is 17.9. The average molecular weight is 406 g/mol. The summed E-state index contributed by atoms with van der Waals surface area (Å²) in [5.41, 5.74) is 4.95. The molecule has 1 spiro atoms. The molecule has 2 aromatic carbocycles. The molecule has 0 aromatic heterocycles. The van der Waals surface area contributed by atoms with Gasteiger partial charge in [0.1, 0.15) is 5.04 Å². The number of hydrogen-bond donors (Lipinski definition) is 1. The average Bonchev–Trinajstić information content (AvgIpc) is 3.08. The molecule has 0 radical (unpaired) electrons. The highest BCUT2D eigenvalue weighted by Crippen LogP contribution is 2.38. The van der Waals surface area contributed by atoms with E-state index in [0.717, 1.165) is 34.8 Å². The Hall–Kier alpha value is -2.40. The Bertz CT molecular complexity index is 959. The third kappa shape index (κ3) is 4.61. The first-order valence-electron chi connectivity index (χ1n) is 10.3. The van der Waals surface area contributed by atoms with Crippen LogP contribution < -0.4 is 5.32 Å². The van der Waals surface area contributed by atoms with Crippen LogP contribution in [0.2, 0.25) is 0 Å². The summed E-state index contributed by atoms with van der Waals surface area (Å²) >= 11 is 1.50. The second-order valence-corrected chi connectivity index (χ2v) is 8.89. The van der Waals surface area contributed by atoms with Crippen molar-refractivity contribution < 1.29 is 4.79 Å². The lowest BCUT2D eigenvalue weighted by Crippen LogP contribution is -2.25. The lowest BCUT2D eigenvalue weighted by atomic mass is 9.90. The van der Waals surface area contributed by atoms with Gasteiger partial charge in [-0.1, -0.05) is 54.6 Å². The number of benzene rings is 2. The summed E-state index contributed by atoms with van der Waals surface area (Å²) in [6.45, 7) is 4.12. The minimum absolute atomic E-state index is 0.0158. The van der Waals surface area contributed by atoms with E-state index >= 15 is 0 Å². The zero-order chi connectivity index (χ0) is 20.3. The van der Waals surface area contributed by atoms with Gasteiger partial charge in [-0.15, -0.1) is 0 Å². The van der Waals surface area contributed by atoms with E-state index in [1.807, 2.05) is 36.4 Å². The van der Waals surface area contributed by atoms with Crippen molar-refractivity contribution in [2.24, 2.45) is 9.98 Å². The molecule has 1 heterocycles. The summed E-state index contributed by atoms with van der Waals surface area (Å²) < 4.78 is 0. The first kappa shape index (κ1) is 19.9. The standard InChI is InChI=1S/C24H27N3OS/c1-17-11-12-20(15-18(17)2)25-21(28)16-29-23-22(19-9-5-3-6-10-19)26-24(27-23)13-7-4-8-14-24/h3,5-6,9-12,15H,4,7-8,13-14,16H2,1-2H3,(H,25,28). The van der Waals surface area contributed by atoms with Crippen LogP contribution in [0.25, 0.3) is 0 Å². The summed E-state index contributed by atoms with van der Waals surface area (Å²) in [4.78, 5) is 22.7. The third-order valence-corrected chi connectivity index (χ3v) is 6.63. The number of rotatable bonds is 4. The molecule has 0 bridgehead atoms. The maximum absolute atomic E-state index is 12.5. The summed E-state index contributed by atoms with van der Waals surface area (Å²) in [5.74, 6) is 0.311. The van der Waals surface area contributed by atoms with E-state index in [0.29, 0.717) is 5.75 Å². The van der Waals surface area contributed by atoms with Gasteiger partial charge in [0, 0.05) is 11.3 Å². The van der Waals surface area contributed by atoms with Crippen molar-refractivity contribution >= 4 is 34.1 Å². The van der Waals surface area contributed by atoms with Gasteiger partial charge in [-0.05, 0) is 62.8 Å². The number of carbonyl (C=O) groups excluding carboxylic acids is 1. The lowest BCUT2D eigenvalue weighted by molar-refractivity contribution is -0.113. The van der Waals surface area contributed by atoms with Gasteiger partial charge in [-0.25, -0.2) is 4.99 Å². The van der Waals surface area contributed by atoms with Crippen molar-refractivity contribution in [3.63, 3.8) is 0 Å². The molecule has 5 heteroatoms. The Kier molecular flexibility index (Phi) is 5.86. The Morgan fingerprint density at radius 1 is 1.00 bits per heavy atom. The van der Waals surface area contributed by atoms with E-state index < -0.39 is 0 Å². The molecule has 0 atom stereocenters. The topological polar surface area (TPSA) is 53.8 Å². The molecule has 1 saturated carbocycles. The van der Waals surface area contributed by atoms with E-state index in [2.05, 4.69) is 31.3 Å². The normalized spacial score (nSPS) is 17.7. The number of carbonyl (C=O) groups is 1. The monoisotopic (exact) mass is 405 g/mol. The molecule has 1 fully saturated rings. The van der Waals surface area contributed by atoms with Gasteiger partial charge < -0.3 is 5.32 Å². The molecular formula is C24H27N3OS. The molecule has 2 aliphatic rings. The molecule has 1 N–H and O–H groups in total. The second kappa shape index (κ2) is 8.54. The highest BCUT2D eigenvalue weighted by atomic mass is 32.2. The third-order valence-electron chi connectivity index (χ3n) is 5.66. The van der Waals surface area contributed by atoms with E-state index in [-0.39, 0.29) is 11.6 Å². The SMILES string of the molecule is Cc1ccc(NC(=O)CSC2=NC3(CCCCC3)N=C2c2ccccc2)cc1C. The summed E-state index contributed by atoms with van der Waals surface area (Å²) in [5, 5.41) is 3.90. The summed E-state index contributed by atoms with van der Waals surface area (Å²) in [6, 6.07) is 16.2. The Morgan fingerprint density at radius 2 is 1.76 bits per heavy atom. The second-order valence-electron chi connectivity index (χ2n) is 7.92. The van der Waals surface area contributed by atoms with Gasteiger partial charge in [0.2, 0.25) is 5.91 Å². The highest BCUT2D eigenvalue weighted by Gasteiger charge is 2.37. The Labute approximate surface area is 176 Å². The van der Waals surface area contributed by atoms with Crippen LogP contribution in [0, 0.1) is 13.8 Å². The number of aryl methyl sites for hydroxylation is 2. The molecule has 150 valence electrons. The zero-order valence-electron chi connectivity index (χ0n) is 17.1. The highest BCUT2D eigenvalue weighted by molar-refractivity contribution is 8.16. The first-order valence-corrected chi connectivity index (χ1v) is 11.3. The number of hydrogen-bond acceptors (Lipinski definition) is 4. The number of amides is 1. The Balaban J connectivity index is 1.48. The number of nitrogens with one attached hydrogen (secondary N) is 1. The molecule has 29 heavy (non-hydrogen) atoms. The number of anilines is 1. The Morgan fingerprint density at radius 3 is 2.48 bits per heavy atom. The van der Waals surface area contributed by atoms with Crippen LogP contribution >= 0.6 is 11.8 Å². The van der Waals surface area contributed by atoms with Crippen molar-refractivity contribution in [2.45, 2.75) is 51.6 Å². The maximum atomic E-state index is 12.5. The lowest BCUT2D eigenvalue weighted by Gasteiger charge is -2.27. The summed E-state index contributed by atoms with van der Waals surface area (Å²) in [6.07, 6.45) is 5.60. The largest absolute Gasteiger partial charge is 0.325 e. The van der Waals surface area contributed by atoms with E-state index in [4.69, 9.17) is 9.98 Å².